The molecule has 0 aliphatic carbocycles. The number of carbonyl (C=O) groups is 1. The van der Waals surface area contributed by atoms with Gasteiger partial charge in [0.2, 0.25) is 5.82 Å². The molecule has 0 bridgehead atoms. The molecule has 2 aromatic rings. The zero-order valence-electron chi connectivity index (χ0n) is 9.68. The molecule has 1 heterocycles. The highest BCUT2D eigenvalue weighted by atomic mass is 16.5. The van der Waals surface area contributed by atoms with E-state index in [1.165, 1.54) is 7.11 Å². The third-order valence-corrected chi connectivity index (χ3v) is 2.44. The minimum absolute atomic E-state index is 0.0771. The van der Waals surface area contributed by atoms with E-state index in [-0.39, 0.29) is 5.82 Å². The predicted octanol–water partition coefficient (Wildman–Crippen LogP) is 2.24. The summed E-state index contributed by atoms with van der Waals surface area (Å²) >= 11 is 0. The fraction of sp³-hybridized carbons (Fsp3) is 0.154. The molecule has 86 valence electrons. The molecule has 0 spiro atoms. The molecule has 1 aromatic carbocycles. The topological polar surface area (TPSA) is 52.1 Å². The van der Waals surface area contributed by atoms with Crippen molar-refractivity contribution in [2.75, 3.05) is 7.11 Å². The Morgan fingerprint density at radius 1 is 1.24 bits per heavy atom. The molecule has 0 unspecified atom stereocenters. The van der Waals surface area contributed by atoms with Crippen molar-refractivity contribution >= 4 is 5.97 Å². The lowest BCUT2D eigenvalue weighted by atomic mass is 10.1. The van der Waals surface area contributed by atoms with Gasteiger partial charge in [0.15, 0.2) is 0 Å². The number of rotatable bonds is 2. The van der Waals surface area contributed by atoms with Gasteiger partial charge >= 0.3 is 5.97 Å². The summed E-state index contributed by atoms with van der Waals surface area (Å²) in [5.41, 5.74) is 2.81. The zero-order chi connectivity index (χ0) is 12.3. The molecule has 0 radical (unpaired) electrons. The second-order valence-corrected chi connectivity index (χ2v) is 3.57. The third kappa shape index (κ3) is 2.30. The van der Waals surface area contributed by atoms with Gasteiger partial charge in [-0.15, -0.1) is 0 Å². The molecule has 0 atom stereocenters. The summed E-state index contributed by atoms with van der Waals surface area (Å²) in [5, 5.41) is 0. The number of esters is 1. The first kappa shape index (κ1) is 11.3. The maximum absolute atomic E-state index is 11.3. The maximum Gasteiger partial charge on any atom is 0.376 e. The number of ether oxygens (including phenoxy) is 1. The minimum Gasteiger partial charge on any atom is -0.463 e. The summed E-state index contributed by atoms with van der Waals surface area (Å²) in [7, 11) is 1.31. The van der Waals surface area contributed by atoms with Crippen molar-refractivity contribution in [3.05, 3.63) is 47.9 Å². The second-order valence-electron chi connectivity index (χ2n) is 3.57. The standard InChI is InChI=1S/C13H12N2O2/c1-9-5-3-4-6-10(9)11-7-8-14-12(15-11)13(16)17-2/h3-8H,1-2H3. The van der Waals surface area contributed by atoms with E-state index in [0.717, 1.165) is 16.8 Å². The normalized spacial score (nSPS) is 10.0. The lowest BCUT2D eigenvalue weighted by Gasteiger charge is -2.05. The summed E-state index contributed by atoms with van der Waals surface area (Å²) in [5.74, 6) is -0.450. The summed E-state index contributed by atoms with van der Waals surface area (Å²) in [4.78, 5) is 19.4. The number of benzene rings is 1. The smallest absolute Gasteiger partial charge is 0.376 e. The van der Waals surface area contributed by atoms with Gasteiger partial charge in [-0.05, 0) is 18.6 Å². The van der Waals surface area contributed by atoms with Gasteiger partial charge in [0.25, 0.3) is 0 Å². The molecule has 0 aliphatic rings. The van der Waals surface area contributed by atoms with Crippen LogP contribution in [0.15, 0.2) is 36.5 Å². The van der Waals surface area contributed by atoms with Crippen molar-refractivity contribution in [1.82, 2.24) is 9.97 Å². The summed E-state index contributed by atoms with van der Waals surface area (Å²) in [6.45, 7) is 2.00. The lowest BCUT2D eigenvalue weighted by Crippen LogP contribution is -2.07. The van der Waals surface area contributed by atoms with Crippen LogP contribution in [0.3, 0.4) is 0 Å². The Kier molecular flexibility index (Phi) is 3.14. The van der Waals surface area contributed by atoms with Crippen LogP contribution in [0.1, 0.15) is 16.2 Å². The van der Waals surface area contributed by atoms with Crippen LogP contribution >= 0.6 is 0 Å². The van der Waals surface area contributed by atoms with E-state index < -0.39 is 5.97 Å². The maximum atomic E-state index is 11.3. The van der Waals surface area contributed by atoms with Crippen molar-refractivity contribution in [3.8, 4) is 11.3 Å². The molecule has 17 heavy (non-hydrogen) atoms. The Bertz CT molecular complexity index is 553. The van der Waals surface area contributed by atoms with Crippen LogP contribution in [0.2, 0.25) is 0 Å². The number of methoxy groups -OCH3 is 1. The van der Waals surface area contributed by atoms with Gasteiger partial charge < -0.3 is 4.74 Å². The average Bonchev–Trinajstić information content (AvgIpc) is 2.38. The first-order valence-electron chi connectivity index (χ1n) is 5.19. The van der Waals surface area contributed by atoms with Gasteiger partial charge in [-0.25, -0.2) is 14.8 Å². The second kappa shape index (κ2) is 4.74. The van der Waals surface area contributed by atoms with Gasteiger partial charge in [-0.1, -0.05) is 24.3 Å². The van der Waals surface area contributed by atoms with E-state index in [2.05, 4.69) is 14.7 Å². The molecule has 0 N–H and O–H groups in total. The van der Waals surface area contributed by atoms with Gasteiger partial charge in [0.1, 0.15) is 0 Å². The van der Waals surface area contributed by atoms with E-state index in [0.29, 0.717) is 0 Å². The van der Waals surface area contributed by atoms with E-state index >= 15 is 0 Å². The van der Waals surface area contributed by atoms with Crippen molar-refractivity contribution < 1.29 is 9.53 Å². The van der Waals surface area contributed by atoms with Crippen LogP contribution in [0.5, 0.6) is 0 Å². The fourth-order valence-corrected chi connectivity index (χ4v) is 1.56. The first-order valence-corrected chi connectivity index (χ1v) is 5.19. The fourth-order valence-electron chi connectivity index (χ4n) is 1.56. The SMILES string of the molecule is COC(=O)c1nccc(-c2ccccc2C)n1. The average molecular weight is 228 g/mol. The highest BCUT2D eigenvalue weighted by Crippen LogP contribution is 2.20. The van der Waals surface area contributed by atoms with Gasteiger partial charge in [0.05, 0.1) is 12.8 Å². The monoisotopic (exact) mass is 228 g/mol. The molecule has 0 aliphatic heterocycles. The van der Waals surface area contributed by atoms with Crippen LogP contribution in [0, 0.1) is 6.92 Å². The highest BCUT2D eigenvalue weighted by Gasteiger charge is 2.11. The number of hydrogen-bond acceptors (Lipinski definition) is 4. The molecular formula is C13H12N2O2. The molecule has 0 saturated heterocycles. The van der Waals surface area contributed by atoms with E-state index in [1.54, 1.807) is 12.3 Å². The van der Waals surface area contributed by atoms with Gasteiger partial charge in [0, 0.05) is 11.8 Å². The molecule has 4 heteroatoms. The largest absolute Gasteiger partial charge is 0.463 e. The van der Waals surface area contributed by atoms with E-state index in [4.69, 9.17) is 0 Å². The van der Waals surface area contributed by atoms with Crippen LogP contribution in [0.4, 0.5) is 0 Å². The Morgan fingerprint density at radius 2 is 2.00 bits per heavy atom. The molecule has 0 fully saturated rings. The number of aromatic nitrogens is 2. The Hall–Kier alpha value is -2.23. The lowest BCUT2D eigenvalue weighted by molar-refractivity contribution is 0.0587. The Balaban J connectivity index is 2.47. The van der Waals surface area contributed by atoms with E-state index in [9.17, 15) is 4.79 Å². The highest BCUT2D eigenvalue weighted by molar-refractivity contribution is 5.85. The minimum atomic E-state index is -0.527. The Morgan fingerprint density at radius 3 is 2.71 bits per heavy atom. The molecule has 0 saturated carbocycles. The molecule has 0 amide bonds. The van der Waals surface area contributed by atoms with Crippen molar-refractivity contribution in [2.24, 2.45) is 0 Å². The number of hydrogen-bond donors (Lipinski definition) is 0. The summed E-state index contributed by atoms with van der Waals surface area (Å²) in [6, 6.07) is 9.62. The first-order chi connectivity index (χ1) is 8.22. The molecule has 1 aromatic heterocycles. The molecule has 4 nitrogen and oxygen atoms in total. The van der Waals surface area contributed by atoms with Crippen molar-refractivity contribution in [1.29, 1.82) is 0 Å². The van der Waals surface area contributed by atoms with Crippen LogP contribution in [-0.4, -0.2) is 23.0 Å². The predicted molar refractivity (Wildman–Crippen MR) is 63.5 cm³/mol. The number of carbonyl (C=O) groups excluding carboxylic acids is 1. The third-order valence-electron chi connectivity index (χ3n) is 2.44. The summed E-state index contributed by atoms with van der Waals surface area (Å²) < 4.78 is 4.59. The Labute approximate surface area is 99.3 Å². The van der Waals surface area contributed by atoms with Gasteiger partial charge in [-0.3, -0.25) is 0 Å². The van der Waals surface area contributed by atoms with Crippen molar-refractivity contribution in [3.63, 3.8) is 0 Å². The molecular weight excluding hydrogens is 216 g/mol. The quantitative estimate of drug-likeness (QED) is 0.740. The molecule has 2 rings (SSSR count). The summed E-state index contributed by atoms with van der Waals surface area (Å²) in [6.07, 6.45) is 1.56. The van der Waals surface area contributed by atoms with Crippen LogP contribution in [0.25, 0.3) is 11.3 Å². The number of nitrogens with zero attached hydrogens (tertiary/aromatic N) is 2. The number of aryl methyl sites for hydroxylation is 1. The van der Waals surface area contributed by atoms with E-state index in [1.807, 2.05) is 31.2 Å². The van der Waals surface area contributed by atoms with Crippen LogP contribution < -0.4 is 0 Å². The van der Waals surface area contributed by atoms with Crippen LogP contribution in [-0.2, 0) is 4.74 Å². The zero-order valence-corrected chi connectivity index (χ0v) is 9.68. The van der Waals surface area contributed by atoms with Crippen molar-refractivity contribution in [2.45, 2.75) is 6.92 Å². The van der Waals surface area contributed by atoms with Gasteiger partial charge in [-0.2, -0.15) is 0 Å².